The Morgan fingerprint density at radius 2 is 1.71 bits per heavy atom. The van der Waals surface area contributed by atoms with Crippen LogP contribution >= 0.6 is 11.8 Å². The molecule has 1 nitrogen and oxygen atoms in total. The predicted molar refractivity (Wildman–Crippen MR) is 140 cm³/mol. The smallest absolute Gasteiger partial charge is 0.0435 e. The molecule has 0 bridgehead atoms. The molecule has 0 aliphatic heterocycles. The topological polar surface area (TPSA) is 26.0 Å². The maximum Gasteiger partial charge on any atom is 0.0435 e. The van der Waals surface area contributed by atoms with Crippen LogP contribution in [0.5, 0.6) is 0 Å². The van der Waals surface area contributed by atoms with E-state index in [0.717, 1.165) is 29.5 Å². The molecular formula is C29H39NS. The fraction of sp³-hybridized carbons (Fsp3) is 0.517. The second-order valence-electron chi connectivity index (χ2n) is 10.4. The first-order valence-electron chi connectivity index (χ1n) is 12.3. The molecule has 1 fully saturated rings. The van der Waals surface area contributed by atoms with Gasteiger partial charge in [-0.2, -0.15) is 11.8 Å². The molecule has 0 saturated heterocycles. The van der Waals surface area contributed by atoms with E-state index in [9.17, 15) is 0 Å². The number of nitrogen functional groups attached to an aromatic ring is 1. The van der Waals surface area contributed by atoms with Crippen molar-refractivity contribution < 1.29 is 0 Å². The molecule has 0 unspecified atom stereocenters. The number of allylic oxidation sites excluding steroid dienone is 1. The molecule has 0 amide bonds. The number of benzene rings is 2. The van der Waals surface area contributed by atoms with Gasteiger partial charge >= 0.3 is 0 Å². The van der Waals surface area contributed by atoms with Crippen molar-refractivity contribution in [3.63, 3.8) is 0 Å². The average molecular weight is 434 g/mol. The van der Waals surface area contributed by atoms with Crippen LogP contribution in [0.25, 0.3) is 17.2 Å². The van der Waals surface area contributed by atoms with Gasteiger partial charge in [0.2, 0.25) is 0 Å². The summed E-state index contributed by atoms with van der Waals surface area (Å²) in [5, 5.41) is 0.786. The lowest BCUT2D eigenvalue weighted by molar-refractivity contribution is 0.513. The van der Waals surface area contributed by atoms with Crippen molar-refractivity contribution in [3.05, 3.63) is 58.7 Å². The van der Waals surface area contributed by atoms with Crippen LogP contribution in [0, 0.1) is 0 Å². The van der Waals surface area contributed by atoms with E-state index in [-0.39, 0.29) is 5.41 Å². The van der Waals surface area contributed by atoms with Crippen molar-refractivity contribution in [2.45, 2.75) is 95.0 Å². The zero-order valence-corrected chi connectivity index (χ0v) is 20.5. The summed E-state index contributed by atoms with van der Waals surface area (Å²) in [5.41, 5.74) is 16.0. The Balaban J connectivity index is 1.69. The van der Waals surface area contributed by atoms with Crippen molar-refractivity contribution in [1.82, 2.24) is 0 Å². The third-order valence-electron chi connectivity index (χ3n) is 7.01. The van der Waals surface area contributed by atoms with E-state index in [1.54, 1.807) is 0 Å². The molecule has 2 N–H and O–H groups in total. The highest BCUT2D eigenvalue weighted by atomic mass is 32.2. The second-order valence-corrected chi connectivity index (χ2v) is 11.7. The van der Waals surface area contributed by atoms with Crippen LogP contribution in [0.2, 0.25) is 0 Å². The van der Waals surface area contributed by atoms with E-state index in [2.05, 4.69) is 75.0 Å². The van der Waals surface area contributed by atoms with Gasteiger partial charge in [0.25, 0.3) is 0 Å². The Bertz CT molecular complexity index is 926. The number of hydrogen-bond acceptors (Lipinski definition) is 2. The summed E-state index contributed by atoms with van der Waals surface area (Å²) >= 11 is 2.15. The summed E-state index contributed by atoms with van der Waals surface area (Å²) in [5.74, 6) is 1.03. The van der Waals surface area contributed by atoms with E-state index >= 15 is 0 Å². The van der Waals surface area contributed by atoms with E-state index in [4.69, 9.17) is 5.73 Å². The Morgan fingerprint density at radius 1 is 0.968 bits per heavy atom. The molecule has 0 heterocycles. The monoisotopic (exact) mass is 433 g/mol. The van der Waals surface area contributed by atoms with E-state index < -0.39 is 0 Å². The summed E-state index contributed by atoms with van der Waals surface area (Å²) in [4.78, 5) is 0. The van der Waals surface area contributed by atoms with Gasteiger partial charge in [0.15, 0.2) is 0 Å². The Morgan fingerprint density at radius 3 is 2.45 bits per heavy atom. The number of thioether (sulfide) groups is 1. The molecular weight excluding hydrogens is 394 g/mol. The molecule has 0 aromatic heterocycles. The minimum absolute atomic E-state index is 0.104. The molecule has 4 rings (SSSR count). The normalized spacial score (nSPS) is 17.8. The maximum absolute atomic E-state index is 6.89. The van der Waals surface area contributed by atoms with Crippen LogP contribution < -0.4 is 5.73 Å². The van der Waals surface area contributed by atoms with E-state index in [1.165, 1.54) is 78.3 Å². The van der Waals surface area contributed by atoms with Crippen LogP contribution in [0.4, 0.5) is 5.69 Å². The lowest BCUT2D eigenvalue weighted by Gasteiger charge is -2.25. The molecule has 2 aliphatic rings. The largest absolute Gasteiger partial charge is 0.398 e. The number of rotatable bonds is 4. The van der Waals surface area contributed by atoms with Gasteiger partial charge in [0, 0.05) is 22.3 Å². The quantitative estimate of drug-likeness (QED) is 0.489. The molecule has 2 aromatic rings. The number of nitrogens with two attached hydrogens (primary N) is 1. The summed E-state index contributed by atoms with van der Waals surface area (Å²) in [6.45, 7) is 6.94. The fourth-order valence-corrected chi connectivity index (χ4v) is 6.31. The number of anilines is 1. The first-order chi connectivity index (χ1) is 14.9. The summed E-state index contributed by atoms with van der Waals surface area (Å²) < 4.78 is 0. The molecule has 166 valence electrons. The average Bonchev–Trinajstić information content (AvgIpc) is 2.73. The third kappa shape index (κ3) is 5.40. The van der Waals surface area contributed by atoms with Gasteiger partial charge in [-0.3, -0.25) is 0 Å². The van der Waals surface area contributed by atoms with Gasteiger partial charge < -0.3 is 5.73 Å². The van der Waals surface area contributed by atoms with Gasteiger partial charge in [0.1, 0.15) is 0 Å². The van der Waals surface area contributed by atoms with Crippen molar-refractivity contribution in [2.24, 2.45) is 0 Å². The molecule has 31 heavy (non-hydrogen) atoms. The second kappa shape index (κ2) is 9.86. The molecule has 0 spiro atoms. The first-order valence-corrected chi connectivity index (χ1v) is 13.3. The summed E-state index contributed by atoms with van der Waals surface area (Å²) in [6, 6.07) is 11.5. The molecule has 2 aliphatic carbocycles. The van der Waals surface area contributed by atoms with Crippen molar-refractivity contribution in [2.75, 3.05) is 5.73 Å². The molecule has 2 heteroatoms. The van der Waals surface area contributed by atoms with Gasteiger partial charge in [-0.1, -0.05) is 89.3 Å². The highest BCUT2D eigenvalue weighted by molar-refractivity contribution is 7.99. The van der Waals surface area contributed by atoms with Crippen molar-refractivity contribution in [1.29, 1.82) is 0 Å². The standard InChI is InChI=1S/C29H39NS/c1-29(2,3)23-18-22(20-31-24-14-7-5-4-6-8-15-24)28(30)27(19-23)26-17-11-13-21-12-9-10-16-25(21)26/h10-11,13,16-19,24H,4-9,12,14-15,20,30H2,1-3H3. The maximum atomic E-state index is 6.89. The van der Waals surface area contributed by atoms with Crippen molar-refractivity contribution >= 4 is 23.5 Å². The van der Waals surface area contributed by atoms with Crippen LogP contribution in [0.1, 0.15) is 94.4 Å². The van der Waals surface area contributed by atoms with Crippen LogP contribution in [-0.2, 0) is 17.6 Å². The SMILES string of the molecule is CC(C)(C)c1cc(CSC2CCCCCCC2)c(N)c(-c2cccc3c2C=CCC3)c1. The Hall–Kier alpha value is -1.67. The molecule has 2 aromatic carbocycles. The first kappa shape index (κ1) is 22.5. The van der Waals surface area contributed by atoms with E-state index in [0.29, 0.717) is 0 Å². The number of fused-ring (bicyclic) bond motifs is 1. The van der Waals surface area contributed by atoms with Gasteiger partial charge in [0.05, 0.1) is 0 Å². The van der Waals surface area contributed by atoms with Gasteiger partial charge in [-0.05, 0) is 65.0 Å². The zero-order valence-electron chi connectivity index (χ0n) is 19.7. The highest BCUT2D eigenvalue weighted by Crippen LogP contribution is 2.40. The molecule has 0 atom stereocenters. The molecule has 0 radical (unpaired) electrons. The minimum atomic E-state index is 0.104. The van der Waals surface area contributed by atoms with Gasteiger partial charge in [-0.25, -0.2) is 0 Å². The summed E-state index contributed by atoms with van der Waals surface area (Å²) in [7, 11) is 0. The van der Waals surface area contributed by atoms with Gasteiger partial charge in [-0.15, -0.1) is 0 Å². The highest BCUT2D eigenvalue weighted by Gasteiger charge is 2.21. The van der Waals surface area contributed by atoms with Crippen LogP contribution in [0.15, 0.2) is 36.4 Å². The van der Waals surface area contributed by atoms with Crippen molar-refractivity contribution in [3.8, 4) is 11.1 Å². The minimum Gasteiger partial charge on any atom is -0.398 e. The third-order valence-corrected chi connectivity index (χ3v) is 8.43. The molecule has 1 saturated carbocycles. The Kier molecular flexibility index (Phi) is 7.16. The predicted octanol–water partition coefficient (Wildman–Crippen LogP) is 8.54. The fourth-order valence-electron chi connectivity index (χ4n) is 4.98. The van der Waals surface area contributed by atoms with Crippen LogP contribution in [0.3, 0.4) is 0 Å². The lowest BCUT2D eigenvalue weighted by atomic mass is 9.82. The van der Waals surface area contributed by atoms with E-state index in [1.807, 2.05) is 0 Å². The number of aryl methyl sites for hydroxylation is 1. The Labute approximate surface area is 193 Å². The summed E-state index contributed by atoms with van der Waals surface area (Å²) in [6.07, 6.45) is 16.6. The lowest BCUT2D eigenvalue weighted by Crippen LogP contribution is -2.13. The van der Waals surface area contributed by atoms with Crippen LogP contribution in [-0.4, -0.2) is 5.25 Å². The number of hydrogen-bond donors (Lipinski definition) is 1. The zero-order chi connectivity index (χ0) is 21.8.